The standard InChI is InChI=1S/C21H15FN6O/c1-28-10-14(8-26-28)12-6-18-20(19(29)7-12)21(25-11-24-18)27-16-2-3-17-13(5-16)4-15(22)9-23-17/h2-11,29H,1H3,(H,24,25,27). The van der Waals surface area contributed by atoms with Crippen molar-refractivity contribution < 1.29 is 9.50 Å². The van der Waals surface area contributed by atoms with Crippen molar-refractivity contribution in [2.24, 2.45) is 7.05 Å². The van der Waals surface area contributed by atoms with Gasteiger partial charge >= 0.3 is 0 Å². The Morgan fingerprint density at radius 3 is 2.69 bits per heavy atom. The summed E-state index contributed by atoms with van der Waals surface area (Å²) in [7, 11) is 1.83. The van der Waals surface area contributed by atoms with E-state index in [1.165, 1.54) is 18.6 Å². The molecule has 3 aromatic heterocycles. The number of rotatable bonds is 3. The number of halogens is 1. The first kappa shape index (κ1) is 17.1. The fourth-order valence-corrected chi connectivity index (χ4v) is 3.32. The van der Waals surface area contributed by atoms with E-state index in [-0.39, 0.29) is 5.75 Å². The maximum atomic E-state index is 13.5. The Morgan fingerprint density at radius 2 is 1.86 bits per heavy atom. The number of aryl methyl sites for hydroxylation is 1. The third-order valence-electron chi connectivity index (χ3n) is 4.67. The monoisotopic (exact) mass is 386 g/mol. The molecule has 7 nitrogen and oxygen atoms in total. The molecule has 5 rings (SSSR count). The summed E-state index contributed by atoms with van der Waals surface area (Å²) in [6, 6.07) is 10.3. The molecule has 0 aliphatic heterocycles. The van der Waals surface area contributed by atoms with Crippen LogP contribution in [-0.2, 0) is 7.05 Å². The van der Waals surface area contributed by atoms with Gasteiger partial charge in [-0.2, -0.15) is 5.10 Å². The maximum absolute atomic E-state index is 13.5. The van der Waals surface area contributed by atoms with Gasteiger partial charge in [-0.05, 0) is 42.0 Å². The minimum Gasteiger partial charge on any atom is -0.507 e. The molecule has 0 atom stereocenters. The van der Waals surface area contributed by atoms with Crippen LogP contribution in [0.5, 0.6) is 5.75 Å². The van der Waals surface area contributed by atoms with Crippen molar-refractivity contribution in [3.8, 4) is 16.9 Å². The predicted molar refractivity (Wildman–Crippen MR) is 108 cm³/mol. The molecule has 0 radical (unpaired) electrons. The van der Waals surface area contributed by atoms with Crippen LogP contribution in [0.25, 0.3) is 32.9 Å². The highest BCUT2D eigenvalue weighted by Gasteiger charge is 2.13. The molecule has 0 fully saturated rings. The van der Waals surface area contributed by atoms with Crippen LogP contribution in [0.3, 0.4) is 0 Å². The summed E-state index contributed by atoms with van der Waals surface area (Å²) in [5.74, 6) is 0.106. The highest BCUT2D eigenvalue weighted by molar-refractivity contribution is 5.98. The van der Waals surface area contributed by atoms with Gasteiger partial charge in [0.2, 0.25) is 0 Å². The summed E-state index contributed by atoms with van der Waals surface area (Å²) >= 11 is 0. The van der Waals surface area contributed by atoms with E-state index in [0.29, 0.717) is 33.3 Å². The number of hydrogen-bond acceptors (Lipinski definition) is 6. The fourth-order valence-electron chi connectivity index (χ4n) is 3.32. The number of anilines is 2. The lowest BCUT2D eigenvalue weighted by molar-refractivity contribution is 0.482. The van der Waals surface area contributed by atoms with Gasteiger partial charge in [0.1, 0.15) is 23.7 Å². The first-order valence-corrected chi connectivity index (χ1v) is 8.86. The minimum absolute atomic E-state index is 0.0537. The summed E-state index contributed by atoms with van der Waals surface area (Å²) in [4.78, 5) is 12.6. The first-order valence-electron chi connectivity index (χ1n) is 8.86. The van der Waals surface area contributed by atoms with Crippen molar-refractivity contribution in [2.45, 2.75) is 0 Å². The summed E-state index contributed by atoms with van der Waals surface area (Å²) in [5, 5.41) is 19.2. The second-order valence-corrected chi connectivity index (χ2v) is 6.70. The zero-order valence-electron chi connectivity index (χ0n) is 15.3. The zero-order chi connectivity index (χ0) is 20.0. The van der Waals surface area contributed by atoms with Gasteiger partial charge in [-0.3, -0.25) is 9.67 Å². The number of nitrogens with zero attached hydrogens (tertiary/aromatic N) is 5. The molecular weight excluding hydrogens is 371 g/mol. The number of aromatic hydroxyl groups is 1. The lowest BCUT2D eigenvalue weighted by Crippen LogP contribution is -1.97. The molecule has 0 amide bonds. The van der Waals surface area contributed by atoms with E-state index in [9.17, 15) is 9.50 Å². The lowest BCUT2D eigenvalue weighted by atomic mass is 10.1. The lowest BCUT2D eigenvalue weighted by Gasteiger charge is -2.11. The SMILES string of the molecule is Cn1cc(-c2cc(O)c3c(Nc4ccc5ncc(F)cc5c4)ncnc3c2)cn1. The summed E-state index contributed by atoms with van der Waals surface area (Å²) in [6.07, 6.45) is 6.21. The molecule has 0 aliphatic carbocycles. The smallest absolute Gasteiger partial charge is 0.145 e. The number of benzene rings is 2. The number of nitrogens with one attached hydrogen (secondary N) is 1. The Balaban J connectivity index is 1.58. The molecule has 0 saturated heterocycles. The Hall–Kier alpha value is -4.07. The number of phenols is 1. The molecule has 2 N–H and O–H groups in total. The van der Waals surface area contributed by atoms with E-state index in [4.69, 9.17) is 0 Å². The van der Waals surface area contributed by atoms with Crippen LogP contribution in [-0.4, -0.2) is 29.8 Å². The van der Waals surface area contributed by atoms with Crippen LogP contribution < -0.4 is 5.32 Å². The van der Waals surface area contributed by atoms with Crippen molar-refractivity contribution >= 4 is 33.3 Å². The molecule has 29 heavy (non-hydrogen) atoms. The average Bonchev–Trinajstić information content (AvgIpc) is 3.14. The van der Waals surface area contributed by atoms with Crippen LogP contribution in [0.15, 0.2) is 61.3 Å². The second-order valence-electron chi connectivity index (χ2n) is 6.70. The first-order chi connectivity index (χ1) is 14.1. The third kappa shape index (κ3) is 3.10. The van der Waals surface area contributed by atoms with Gasteiger partial charge in [-0.15, -0.1) is 0 Å². The Bertz CT molecular complexity index is 1380. The number of fused-ring (bicyclic) bond motifs is 2. The van der Waals surface area contributed by atoms with Gasteiger partial charge in [0.15, 0.2) is 0 Å². The molecule has 0 bridgehead atoms. The Kier molecular flexibility index (Phi) is 3.83. The Morgan fingerprint density at radius 1 is 0.966 bits per heavy atom. The molecule has 0 aliphatic rings. The summed E-state index contributed by atoms with van der Waals surface area (Å²) < 4.78 is 15.2. The highest BCUT2D eigenvalue weighted by Crippen LogP contribution is 2.35. The van der Waals surface area contributed by atoms with E-state index in [2.05, 4.69) is 25.4 Å². The quantitative estimate of drug-likeness (QED) is 0.484. The van der Waals surface area contributed by atoms with Crippen molar-refractivity contribution in [2.75, 3.05) is 5.32 Å². The topological polar surface area (TPSA) is 88.8 Å². The zero-order valence-corrected chi connectivity index (χ0v) is 15.3. The van der Waals surface area contributed by atoms with Crippen LogP contribution in [0.2, 0.25) is 0 Å². The van der Waals surface area contributed by atoms with E-state index >= 15 is 0 Å². The van der Waals surface area contributed by atoms with Gasteiger partial charge in [0.25, 0.3) is 0 Å². The van der Waals surface area contributed by atoms with Crippen molar-refractivity contribution in [3.63, 3.8) is 0 Å². The molecule has 0 unspecified atom stereocenters. The van der Waals surface area contributed by atoms with E-state index < -0.39 is 5.82 Å². The highest BCUT2D eigenvalue weighted by atomic mass is 19.1. The molecule has 5 aromatic rings. The van der Waals surface area contributed by atoms with Crippen LogP contribution >= 0.6 is 0 Å². The predicted octanol–water partition coefficient (Wildman–Crippen LogP) is 4.17. The van der Waals surface area contributed by atoms with Crippen molar-refractivity contribution in [1.29, 1.82) is 0 Å². The van der Waals surface area contributed by atoms with Crippen molar-refractivity contribution in [3.05, 3.63) is 67.1 Å². The molecule has 2 aromatic carbocycles. The number of phenolic OH excluding ortho intramolecular Hbond substituents is 1. The third-order valence-corrected chi connectivity index (χ3v) is 4.67. The van der Waals surface area contributed by atoms with Gasteiger partial charge in [0, 0.05) is 29.9 Å². The second kappa shape index (κ2) is 6.52. The number of pyridine rings is 1. The average molecular weight is 386 g/mol. The molecule has 0 spiro atoms. The van der Waals surface area contributed by atoms with Crippen molar-refractivity contribution in [1.82, 2.24) is 24.7 Å². The maximum Gasteiger partial charge on any atom is 0.145 e. The number of hydrogen-bond donors (Lipinski definition) is 2. The number of aromatic nitrogens is 5. The summed E-state index contributed by atoms with van der Waals surface area (Å²) in [6.45, 7) is 0. The largest absolute Gasteiger partial charge is 0.507 e. The normalized spacial score (nSPS) is 11.2. The molecular formula is C21H15FN6O. The minimum atomic E-state index is -0.400. The van der Waals surface area contributed by atoms with Gasteiger partial charge in [-0.25, -0.2) is 14.4 Å². The van der Waals surface area contributed by atoms with E-state index in [1.54, 1.807) is 29.1 Å². The fraction of sp³-hybridized carbons (Fsp3) is 0.0476. The van der Waals surface area contributed by atoms with Crippen LogP contribution in [0.4, 0.5) is 15.9 Å². The van der Waals surface area contributed by atoms with Gasteiger partial charge < -0.3 is 10.4 Å². The van der Waals surface area contributed by atoms with Crippen LogP contribution in [0.1, 0.15) is 0 Å². The summed E-state index contributed by atoms with van der Waals surface area (Å²) in [5.41, 5.74) is 3.66. The molecule has 8 heteroatoms. The molecule has 0 saturated carbocycles. The van der Waals surface area contributed by atoms with E-state index in [1.807, 2.05) is 25.4 Å². The van der Waals surface area contributed by atoms with E-state index in [0.717, 1.165) is 11.1 Å². The van der Waals surface area contributed by atoms with Crippen LogP contribution in [0, 0.1) is 5.82 Å². The Labute approximate surface area is 164 Å². The molecule has 142 valence electrons. The van der Waals surface area contributed by atoms with Gasteiger partial charge in [-0.1, -0.05) is 0 Å². The molecule has 3 heterocycles. The van der Waals surface area contributed by atoms with Gasteiger partial charge in [0.05, 0.1) is 28.8 Å².